The summed E-state index contributed by atoms with van der Waals surface area (Å²) in [7, 11) is 0. The zero-order chi connectivity index (χ0) is 22.8. The van der Waals surface area contributed by atoms with E-state index < -0.39 is 0 Å². The lowest BCUT2D eigenvalue weighted by molar-refractivity contribution is 0.0955. The van der Waals surface area contributed by atoms with Crippen molar-refractivity contribution < 1.29 is 4.79 Å². The van der Waals surface area contributed by atoms with E-state index in [1.54, 1.807) is 23.1 Å². The quantitative estimate of drug-likeness (QED) is 0.349. The molecule has 2 heterocycles. The van der Waals surface area contributed by atoms with E-state index in [4.69, 9.17) is 0 Å². The smallest absolute Gasteiger partial charge is 0.271 e. The average molecular weight is 440 g/mol. The molecule has 8 nitrogen and oxygen atoms in total. The minimum Gasteiger partial charge on any atom is -0.345 e. The Kier molecular flexibility index (Phi) is 5.56. The molecule has 0 unspecified atom stereocenters. The Hall–Kier alpha value is -4.07. The molecule has 5 rings (SSSR count). The van der Waals surface area contributed by atoms with Crippen LogP contribution in [0.4, 0.5) is 0 Å². The number of amides is 1. The number of carbonyl (C=O) groups excluding carboxylic acids is 1. The fourth-order valence-electron chi connectivity index (χ4n) is 3.99. The maximum Gasteiger partial charge on any atom is 0.271 e. The van der Waals surface area contributed by atoms with Crippen molar-refractivity contribution in [2.75, 3.05) is 0 Å². The first-order valence-electron chi connectivity index (χ1n) is 11.0. The standard InChI is InChI=1S/C25H25N7O/c1-17-14-22(18(2)32(17)23-12-13-23)15-26-28-25(33)21-10-8-19(9-11-21)16-31-29-24(27-30-31)20-6-4-3-5-7-20/h3-11,14-15,23H,12-13,16H2,1-2H3,(H,28,33)/b26-15+. The number of benzene rings is 2. The SMILES string of the molecule is Cc1cc(/C=N/NC(=O)c2ccc(Cn3nnc(-c4ccccc4)n3)cc2)c(C)n1C1CC1. The number of hydrazone groups is 1. The van der Waals surface area contributed by atoms with Crippen molar-refractivity contribution in [2.45, 2.75) is 39.3 Å². The molecule has 0 aliphatic heterocycles. The fraction of sp³-hybridized carbons (Fsp3) is 0.240. The lowest BCUT2D eigenvalue weighted by atomic mass is 10.1. The van der Waals surface area contributed by atoms with Gasteiger partial charge in [0.15, 0.2) is 0 Å². The third kappa shape index (κ3) is 4.59. The molecule has 0 saturated heterocycles. The number of hydrogen-bond acceptors (Lipinski definition) is 5. The molecular formula is C25H25N7O. The van der Waals surface area contributed by atoms with Crippen LogP contribution < -0.4 is 5.43 Å². The molecule has 4 aromatic rings. The lowest BCUT2D eigenvalue weighted by Crippen LogP contribution is -2.17. The highest BCUT2D eigenvalue weighted by Crippen LogP contribution is 2.38. The normalized spacial score (nSPS) is 13.5. The predicted octanol–water partition coefficient (Wildman–Crippen LogP) is 3.91. The van der Waals surface area contributed by atoms with E-state index >= 15 is 0 Å². The van der Waals surface area contributed by atoms with Gasteiger partial charge in [0.25, 0.3) is 5.91 Å². The van der Waals surface area contributed by atoms with Gasteiger partial charge in [0, 0.05) is 34.1 Å². The Morgan fingerprint density at radius 1 is 1.12 bits per heavy atom. The van der Waals surface area contributed by atoms with Crippen LogP contribution in [0, 0.1) is 13.8 Å². The Balaban J connectivity index is 1.19. The van der Waals surface area contributed by atoms with Gasteiger partial charge in [-0.15, -0.1) is 10.2 Å². The molecule has 1 saturated carbocycles. The van der Waals surface area contributed by atoms with Gasteiger partial charge in [-0.3, -0.25) is 4.79 Å². The minimum atomic E-state index is -0.251. The molecule has 166 valence electrons. The number of carbonyl (C=O) groups is 1. The third-order valence-corrected chi connectivity index (χ3v) is 5.83. The number of rotatable bonds is 7. The van der Waals surface area contributed by atoms with Gasteiger partial charge in [-0.1, -0.05) is 42.5 Å². The maximum absolute atomic E-state index is 12.5. The summed E-state index contributed by atoms with van der Waals surface area (Å²) in [5, 5.41) is 16.8. The van der Waals surface area contributed by atoms with Crippen molar-refractivity contribution in [1.82, 2.24) is 30.2 Å². The van der Waals surface area contributed by atoms with Crippen molar-refractivity contribution in [1.29, 1.82) is 0 Å². The van der Waals surface area contributed by atoms with Crippen LogP contribution in [0.25, 0.3) is 11.4 Å². The summed E-state index contributed by atoms with van der Waals surface area (Å²) in [5.41, 5.74) is 8.51. The van der Waals surface area contributed by atoms with Gasteiger partial charge in [-0.05, 0) is 55.7 Å². The molecule has 1 fully saturated rings. The summed E-state index contributed by atoms with van der Waals surface area (Å²) >= 11 is 0. The predicted molar refractivity (Wildman–Crippen MR) is 126 cm³/mol. The van der Waals surface area contributed by atoms with Crippen molar-refractivity contribution in [3.63, 3.8) is 0 Å². The van der Waals surface area contributed by atoms with Crippen LogP contribution in [-0.4, -0.2) is 36.9 Å². The van der Waals surface area contributed by atoms with Gasteiger partial charge in [0.05, 0.1) is 12.8 Å². The van der Waals surface area contributed by atoms with E-state index in [9.17, 15) is 4.79 Å². The fourth-order valence-corrected chi connectivity index (χ4v) is 3.99. The lowest BCUT2D eigenvalue weighted by Gasteiger charge is -2.06. The van der Waals surface area contributed by atoms with E-state index in [1.807, 2.05) is 42.5 Å². The zero-order valence-corrected chi connectivity index (χ0v) is 18.6. The monoisotopic (exact) mass is 439 g/mol. The van der Waals surface area contributed by atoms with Crippen LogP contribution in [0.1, 0.15) is 51.8 Å². The van der Waals surface area contributed by atoms with Crippen LogP contribution in [-0.2, 0) is 6.54 Å². The molecule has 0 atom stereocenters. The van der Waals surface area contributed by atoms with Crippen LogP contribution in [0.3, 0.4) is 0 Å². The van der Waals surface area contributed by atoms with Crippen molar-refractivity contribution in [2.24, 2.45) is 5.10 Å². The minimum absolute atomic E-state index is 0.251. The van der Waals surface area contributed by atoms with E-state index in [-0.39, 0.29) is 5.91 Å². The molecule has 2 aromatic heterocycles. The molecule has 1 N–H and O–H groups in total. The molecular weight excluding hydrogens is 414 g/mol. The van der Waals surface area contributed by atoms with Gasteiger partial charge in [0.2, 0.25) is 5.82 Å². The van der Waals surface area contributed by atoms with Crippen LogP contribution in [0.2, 0.25) is 0 Å². The molecule has 1 amide bonds. The molecule has 0 radical (unpaired) electrons. The molecule has 0 bridgehead atoms. The second-order valence-corrected chi connectivity index (χ2v) is 8.33. The van der Waals surface area contributed by atoms with Gasteiger partial charge in [-0.25, -0.2) is 5.43 Å². The van der Waals surface area contributed by atoms with Crippen molar-refractivity contribution in [3.8, 4) is 11.4 Å². The maximum atomic E-state index is 12.5. The number of tetrazole rings is 1. The summed E-state index contributed by atoms with van der Waals surface area (Å²) in [5.74, 6) is 0.335. The first-order valence-corrected chi connectivity index (χ1v) is 11.0. The Morgan fingerprint density at radius 3 is 2.61 bits per heavy atom. The molecule has 8 heteroatoms. The third-order valence-electron chi connectivity index (χ3n) is 5.83. The Morgan fingerprint density at radius 2 is 1.88 bits per heavy atom. The van der Waals surface area contributed by atoms with Crippen molar-refractivity contribution >= 4 is 12.1 Å². The summed E-state index contributed by atoms with van der Waals surface area (Å²) in [4.78, 5) is 14.0. The Bertz CT molecular complexity index is 1300. The summed E-state index contributed by atoms with van der Waals surface area (Å²) in [6.45, 7) is 4.68. The molecule has 1 aliphatic rings. The Labute approximate surface area is 191 Å². The zero-order valence-electron chi connectivity index (χ0n) is 18.6. The van der Waals surface area contributed by atoms with Crippen LogP contribution in [0.5, 0.6) is 0 Å². The highest BCUT2D eigenvalue weighted by molar-refractivity contribution is 5.95. The number of aromatic nitrogens is 5. The first-order chi connectivity index (χ1) is 16.1. The average Bonchev–Trinajstić information content (AvgIpc) is 3.48. The first kappa shape index (κ1) is 20.8. The topological polar surface area (TPSA) is 90.0 Å². The summed E-state index contributed by atoms with van der Waals surface area (Å²) in [6.07, 6.45) is 4.19. The number of aryl methyl sites for hydroxylation is 1. The highest BCUT2D eigenvalue weighted by Gasteiger charge is 2.26. The van der Waals surface area contributed by atoms with Gasteiger partial charge >= 0.3 is 0 Å². The van der Waals surface area contributed by atoms with Gasteiger partial charge in [0.1, 0.15) is 0 Å². The van der Waals surface area contributed by atoms with Gasteiger partial charge < -0.3 is 4.57 Å². The van der Waals surface area contributed by atoms with Gasteiger partial charge in [-0.2, -0.15) is 9.90 Å². The number of hydrogen-bond donors (Lipinski definition) is 1. The summed E-state index contributed by atoms with van der Waals surface area (Å²) in [6, 6.07) is 19.8. The number of nitrogens with zero attached hydrogens (tertiary/aromatic N) is 6. The van der Waals surface area contributed by atoms with Crippen molar-refractivity contribution in [3.05, 3.63) is 88.7 Å². The van der Waals surface area contributed by atoms with E-state index in [1.165, 1.54) is 24.2 Å². The van der Waals surface area contributed by atoms with E-state index in [0.29, 0.717) is 24.0 Å². The second kappa shape index (κ2) is 8.82. The second-order valence-electron chi connectivity index (χ2n) is 8.33. The van der Waals surface area contributed by atoms with Crippen LogP contribution >= 0.6 is 0 Å². The largest absolute Gasteiger partial charge is 0.345 e. The summed E-state index contributed by atoms with van der Waals surface area (Å²) < 4.78 is 2.36. The highest BCUT2D eigenvalue weighted by atomic mass is 16.2. The molecule has 0 spiro atoms. The van der Waals surface area contributed by atoms with E-state index in [0.717, 1.165) is 16.7 Å². The molecule has 1 aliphatic carbocycles. The van der Waals surface area contributed by atoms with E-state index in [2.05, 4.69) is 50.4 Å². The van der Waals surface area contributed by atoms with Crippen LogP contribution in [0.15, 0.2) is 65.8 Å². The molecule has 2 aromatic carbocycles. The molecule has 33 heavy (non-hydrogen) atoms. The number of nitrogens with one attached hydrogen (secondary N) is 1.